The van der Waals surface area contributed by atoms with Crippen LogP contribution in [0.4, 0.5) is 0 Å². The van der Waals surface area contributed by atoms with Gasteiger partial charge in [0.2, 0.25) is 0 Å². The van der Waals surface area contributed by atoms with E-state index in [1.165, 1.54) is 7.11 Å². The topological polar surface area (TPSA) is 71.1 Å². The molecule has 0 atom stereocenters. The van der Waals surface area contributed by atoms with Crippen LogP contribution in [0.1, 0.15) is 13.8 Å². The molecular weight excluding hydrogens is 260 g/mol. The molecule has 1 aliphatic rings. The zero-order valence-electron chi connectivity index (χ0n) is 11.0. The van der Waals surface area contributed by atoms with Crippen LogP contribution in [0, 0.1) is 0 Å². The van der Waals surface area contributed by atoms with Gasteiger partial charge in [0.1, 0.15) is 24.7 Å². The average Bonchev–Trinajstić information content (AvgIpc) is 2.26. The first-order valence-corrected chi connectivity index (χ1v) is 7.15. The van der Waals surface area contributed by atoms with Gasteiger partial charge in [-0.1, -0.05) is 0 Å². The van der Waals surface area contributed by atoms with E-state index in [0.29, 0.717) is 18.1 Å². The van der Waals surface area contributed by atoms with Crippen molar-refractivity contribution < 1.29 is 26.8 Å². The maximum atomic E-state index is 10.9. The highest BCUT2D eigenvalue weighted by Gasteiger charge is 2.20. The number of hydrogen-bond donors (Lipinski definition) is 0. The van der Waals surface area contributed by atoms with Crippen LogP contribution in [0.3, 0.4) is 0 Å². The zero-order valence-corrected chi connectivity index (χ0v) is 11.8. The van der Waals surface area contributed by atoms with E-state index in [-0.39, 0.29) is 13.4 Å². The van der Waals surface area contributed by atoms with Gasteiger partial charge in [0.15, 0.2) is 6.79 Å². The third-order valence-electron chi connectivity index (χ3n) is 2.33. The predicted octanol–water partition coefficient (Wildman–Crippen LogP) is 1.16. The normalized spacial score (nSPS) is 16.9. The molecule has 0 aliphatic carbocycles. The van der Waals surface area contributed by atoms with Gasteiger partial charge in [-0.2, -0.15) is 8.42 Å². The molecule has 1 rings (SSSR count). The number of ether oxygens (including phenoxy) is 3. The molecule has 0 spiro atoms. The predicted molar refractivity (Wildman–Crippen MR) is 65.1 cm³/mol. The van der Waals surface area contributed by atoms with Crippen LogP contribution in [0.2, 0.25) is 0 Å². The molecule has 0 N–H and O–H groups in total. The minimum atomic E-state index is -3.49. The van der Waals surface area contributed by atoms with E-state index in [0.717, 1.165) is 17.4 Å². The molecule has 0 aromatic rings. The van der Waals surface area contributed by atoms with E-state index in [1.54, 1.807) is 6.92 Å². The van der Waals surface area contributed by atoms with Crippen molar-refractivity contribution in [3.8, 4) is 0 Å². The van der Waals surface area contributed by atoms with E-state index >= 15 is 0 Å². The van der Waals surface area contributed by atoms with Crippen LogP contribution in [0.25, 0.3) is 0 Å². The maximum absolute atomic E-state index is 10.9. The quantitative estimate of drug-likeness (QED) is 0.536. The van der Waals surface area contributed by atoms with E-state index in [9.17, 15) is 8.42 Å². The molecule has 7 heteroatoms. The Kier molecular flexibility index (Phi) is 5.18. The van der Waals surface area contributed by atoms with Gasteiger partial charge >= 0.3 is 0 Å². The molecule has 104 valence electrons. The minimum absolute atomic E-state index is 0.127. The molecule has 0 aromatic carbocycles. The van der Waals surface area contributed by atoms with Crippen LogP contribution in [-0.4, -0.2) is 41.8 Å². The molecule has 0 aromatic heterocycles. The van der Waals surface area contributed by atoms with Crippen molar-refractivity contribution in [1.29, 1.82) is 0 Å². The summed E-state index contributed by atoms with van der Waals surface area (Å²) in [5.41, 5.74) is 1.65. The van der Waals surface area contributed by atoms with Crippen LogP contribution in [0.5, 0.6) is 0 Å². The Bertz CT molecular complexity index is 460. The summed E-state index contributed by atoms with van der Waals surface area (Å²) >= 11 is 0. The van der Waals surface area contributed by atoms with Crippen molar-refractivity contribution in [3.05, 3.63) is 22.7 Å². The van der Waals surface area contributed by atoms with Crippen molar-refractivity contribution in [2.45, 2.75) is 13.8 Å². The summed E-state index contributed by atoms with van der Waals surface area (Å²) in [6, 6.07) is 0. The number of rotatable bonds is 6. The first kappa shape index (κ1) is 15.0. The molecule has 0 bridgehead atoms. The summed E-state index contributed by atoms with van der Waals surface area (Å²) in [6.07, 6.45) is 0.995. The lowest BCUT2D eigenvalue weighted by Crippen LogP contribution is -2.17. The van der Waals surface area contributed by atoms with Crippen LogP contribution in [0.15, 0.2) is 22.7 Å². The highest BCUT2D eigenvalue weighted by atomic mass is 32.2. The Morgan fingerprint density at radius 1 is 1.33 bits per heavy atom. The van der Waals surface area contributed by atoms with Gasteiger partial charge in [-0.25, -0.2) is 0 Å². The van der Waals surface area contributed by atoms with E-state index in [1.807, 2.05) is 6.92 Å². The fraction of sp³-hybridized carbons (Fsp3) is 0.636. The third-order valence-corrected chi connectivity index (χ3v) is 2.88. The van der Waals surface area contributed by atoms with Gasteiger partial charge in [-0.15, -0.1) is 0 Å². The first-order chi connectivity index (χ1) is 8.35. The van der Waals surface area contributed by atoms with Gasteiger partial charge in [-0.3, -0.25) is 4.18 Å². The van der Waals surface area contributed by atoms with Crippen LogP contribution in [-0.2, 0) is 28.5 Å². The monoisotopic (exact) mass is 278 g/mol. The summed E-state index contributed by atoms with van der Waals surface area (Å²) in [6.45, 7) is 4.01. The molecule has 0 amide bonds. The van der Waals surface area contributed by atoms with E-state index in [2.05, 4.69) is 0 Å². The van der Waals surface area contributed by atoms with E-state index < -0.39 is 10.1 Å². The fourth-order valence-electron chi connectivity index (χ4n) is 1.48. The Labute approximate surface area is 107 Å². The minimum Gasteiger partial charge on any atom is -0.491 e. The second-order valence-electron chi connectivity index (χ2n) is 3.96. The Hall–Kier alpha value is -1.05. The molecule has 0 saturated heterocycles. The molecule has 18 heavy (non-hydrogen) atoms. The van der Waals surface area contributed by atoms with Crippen molar-refractivity contribution in [2.24, 2.45) is 0 Å². The molecule has 1 aliphatic heterocycles. The third kappa shape index (κ3) is 4.32. The Morgan fingerprint density at radius 2 is 2.00 bits per heavy atom. The van der Waals surface area contributed by atoms with E-state index in [4.69, 9.17) is 18.4 Å². The summed E-state index contributed by atoms with van der Waals surface area (Å²) < 4.78 is 42.3. The van der Waals surface area contributed by atoms with Gasteiger partial charge < -0.3 is 14.2 Å². The summed E-state index contributed by atoms with van der Waals surface area (Å²) in [4.78, 5) is 0. The van der Waals surface area contributed by atoms with Crippen LogP contribution >= 0.6 is 0 Å². The Balaban J connectivity index is 2.81. The van der Waals surface area contributed by atoms with Crippen molar-refractivity contribution in [3.63, 3.8) is 0 Å². The maximum Gasteiger partial charge on any atom is 0.264 e. The molecule has 0 unspecified atom stereocenters. The standard InChI is InChI=1S/C11H18O6S/c1-8-5-15-10(6-17-18(4,12)13)9(2)11(8)16-7-14-3/h5-7H2,1-4H3. The molecule has 0 saturated carbocycles. The highest BCUT2D eigenvalue weighted by molar-refractivity contribution is 7.85. The van der Waals surface area contributed by atoms with Crippen molar-refractivity contribution in [2.75, 3.05) is 33.4 Å². The van der Waals surface area contributed by atoms with Crippen LogP contribution < -0.4 is 0 Å². The number of methoxy groups -OCH3 is 1. The molecule has 0 radical (unpaired) electrons. The highest BCUT2D eigenvalue weighted by Crippen LogP contribution is 2.26. The Morgan fingerprint density at radius 3 is 2.56 bits per heavy atom. The molecule has 1 heterocycles. The zero-order chi connectivity index (χ0) is 13.8. The van der Waals surface area contributed by atoms with Gasteiger partial charge in [0, 0.05) is 18.3 Å². The molecular formula is C11H18O6S. The summed E-state index contributed by atoms with van der Waals surface area (Å²) in [5.74, 6) is 1.12. The van der Waals surface area contributed by atoms with Crippen molar-refractivity contribution >= 4 is 10.1 Å². The van der Waals surface area contributed by atoms with Gasteiger partial charge in [-0.05, 0) is 13.8 Å². The largest absolute Gasteiger partial charge is 0.491 e. The second-order valence-corrected chi connectivity index (χ2v) is 5.61. The average molecular weight is 278 g/mol. The second kappa shape index (κ2) is 6.21. The lowest BCUT2D eigenvalue weighted by atomic mass is 10.1. The molecule has 6 nitrogen and oxygen atoms in total. The lowest BCUT2D eigenvalue weighted by Gasteiger charge is -2.23. The fourth-order valence-corrected chi connectivity index (χ4v) is 1.80. The summed E-state index contributed by atoms with van der Waals surface area (Å²) in [7, 11) is -1.96. The number of allylic oxidation sites excluding steroid dienone is 1. The SMILES string of the molecule is COCOC1=C(C)COC(COS(C)(=O)=O)=C1C. The smallest absolute Gasteiger partial charge is 0.264 e. The molecule has 0 fully saturated rings. The first-order valence-electron chi connectivity index (χ1n) is 5.34. The van der Waals surface area contributed by atoms with Gasteiger partial charge in [0.05, 0.1) is 6.26 Å². The number of hydrogen-bond acceptors (Lipinski definition) is 6. The van der Waals surface area contributed by atoms with Crippen molar-refractivity contribution in [1.82, 2.24) is 0 Å². The summed E-state index contributed by atoms with van der Waals surface area (Å²) in [5, 5.41) is 0. The lowest BCUT2D eigenvalue weighted by molar-refractivity contribution is 0.00345. The van der Waals surface area contributed by atoms with Gasteiger partial charge in [0.25, 0.3) is 10.1 Å².